The molecule has 29 heavy (non-hydrogen) atoms. The Kier molecular flexibility index (Phi) is 5.55. The number of hydrogen-bond donors (Lipinski definition) is 2. The molecule has 2 N–H and O–H groups in total. The van der Waals surface area contributed by atoms with Crippen molar-refractivity contribution in [3.05, 3.63) is 65.9 Å². The molecule has 3 aromatic rings. The zero-order chi connectivity index (χ0) is 20.2. The van der Waals surface area contributed by atoms with Crippen molar-refractivity contribution in [1.29, 1.82) is 0 Å². The standard InChI is InChI=1S/C22H23F2N5/c1-15-13-21(27-20-10-5-16(23)14-19(20)24)28-22(25-15)26-17-6-8-18(9-7-17)29-11-3-2-4-12-29/h5-10,13-14H,2-4,11-12H2,1H3,(H2,25,26,27,28). The number of anilines is 5. The molecule has 1 aromatic heterocycles. The zero-order valence-corrected chi connectivity index (χ0v) is 16.3. The van der Waals surface area contributed by atoms with Crippen molar-refractivity contribution in [2.24, 2.45) is 0 Å². The van der Waals surface area contributed by atoms with Gasteiger partial charge in [-0.1, -0.05) is 0 Å². The number of aryl methyl sites for hydroxylation is 1. The van der Waals surface area contributed by atoms with Gasteiger partial charge in [-0.05, 0) is 62.6 Å². The maximum atomic E-state index is 13.9. The summed E-state index contributed by atoms with van der Waals surface area (Å²) in [5, 5.41) is 6.07. The first-order chi connectivity index (χ1) is 14.1. The van der Waals surface area contributed by atoms with E-state index >= 15 is 0 Å². The topological polar surface area (TPSA) is 53.1 Å². The molecule has 0 aliphatic carbocycles. The van der Waals surface area contributed by atoms with Crippen LogP contribution in [-0.4, -0.2) is 23.1 Å². The quantitative estimate of drug-likeness (QED) is 0.594. The van der Waals surface area contributed by atoms with Gasteiger partial charge < -0.3 is 15.5 Å². The van der Waals surface area contributed by atoms with Gasteiger partial charge in [0.25, 0.3) is 0 Å². The molecule has 1 aliphatic heterocycles. The van der Waals surface area contributed by atoms with Crippen molar-refractivity contribution in [3.8, 4) is 0 Å². The van der Waals surface area contributed by atoms with E-state index in [1.54, 1.807) is 6.07 Å². The van der Waals surface area contributed by atoms with Gasteiger partial charge in [-0.3, -0.25) is 0 Å². The predicted octanol–water partition coefficient (Wildman–Crippen LogP) is 5.54. The summed E-state index contributed by atoms with van der Waals surface area (Å²) >= 11 is 0. The SMILES string of the molecule is Cc1cc(Nc2ccc(F)cc2F)nc(Nc2ccc(N3CCCCC3)cc2)n1. The van der Waals surface area contributed by atoms with Crippen LogP contribution in [0.5, 0.6) is 0 Å². The third kappa shape index (κ3) is 4.80. The summed E-state index contributed by atoms with van der Waals surface area (Å²) in [6.45, 7) is 4.03. The number of aromatic nitrogens is 2. The molecule has 7 heteroatoms. The Hall–Kier alpha value is -3.22. The largest absolute Gasteiger partial charge is 0.372 e. The van der Waals surface area contributed by atoms with Crippen LogP contribution in [0.1, 0.15) is 25.0 Å². The highest BCUT2D eigenvalue weighted by molar-refractivity contribution is 5.62. The minimum Gasteiger partial charge on any atom is -0.372 e. The molecule has 2 heterocycles. The Morgan fingerprint density at radius 3 is 2.34 bits per heavy atom. The van der Waals surface area contributed by atoms with Crippen LogP contribution < -0.4 is 15.5 Å². The van der Waals surface area contributed by atoms with Crippen LogP contribution in [0.15, 0.2) is 48.5 Å². The molecule has 1 fully saturated rings. The van der Waals surface area contributed by atoms with Crippen LogP contribution in [0.25, 0.3) is 0 Å². The van der Waals surface area contributed by atoms with E-state index in [1.807, 2.05) is 19.1 Å². The highest BCUT2D eigenvalue weighted by atomic mass is 19.1. The van der Waals surface area contributed by atoms with Crippen molar-refractivity contribution in [1.82, 2.24) is 9.97 Å². The molecule has 0 saturated carbocycles. The first-order valence-electron chi connectivity index (χ1n) is 9.77. The number of rotatable bonds is 5. The second-order valence-electron chi connectivity index (χ2n) is 7.19. The highest BCUT2D eigenvalue weighted by Crippen LogP contribution is 2.24. The van der Waals surface area contributed by atoms with Crippen molar-refractivity contribution in [2.75, 3.05) is 28.6 Å². The number of halogens is 2. The number of hydrogen-bond acceptors (Lipinski definition) is 5. The molecule has 5 nitrogen and oxygen atoms in total. The lowest BCUT2D eigenvalue weighted by Gasteiger charge is -2.28. The zero-order valence-electron chi connectivity index (χ0n) is 16.3. The van der Waals surface area contributed by atoms with E-state index in [9.17, 15) is 8.78 Å². The first kappa shape index (κ1) is 19.1. The molecular weight excluding hydrogens is 372 g/mol. The van der Waals surface area contributed by atoms with Gasteiger partial charge in [-0.2, -0.15) is 4.98 Å². The minimum atomic E-state index is -0.677. The fourth-order valence-corrected chi connectivity index (χ4v) is 3.45. The predicted molar refractivity (Wildman–Crippen MR) is 112 cm³/mol. The number of piperidine rings is 1. The molecule has 4 rings (SSSR count). The lowest BCUT2D eigenvalue weighted by atomic mass is 10.1. The lowest BCUT2D eigenvalue weighted by Crippen LogP contribution is -2.29. The van der Waals surface area contributed by atoms with Crippen LogP contribution in [0.2, 0.25) is 0 Å². The maximum absolute atomic E-state index is 13.9. The van der Waals surface area contributed by atoms with E-state index < -0.39 is 11.6 Å². The monoisotopic (exact) mass is 395 g/mol. The van der Waals surface area contributed by atoms with Gasteiger partial charge in [0, 0.05) is 42.3 Å². The van der Waals surface area contributed by atoms with E-state index in [0.717, 1.165) is 30.5 Å². The first-order valence-corrected chi connectivity index (χ1v) is 9.77. The lowest BCUT2D eigenvalue weighted by molar-refractivity contribution is 0.578. The molecular formula is C22H23F2N5. The van der Waals surface area contributed by atoms with Gasteiger partial charge in [-0.25, -0.2) is 13.8 Å². The van der Waals surface area contributed by atoms with E-state index in [0.29, 0.717) is 11.8 Å². The second kappa shape index (κ2) is 8.43. The van der Waals surface area contributed by atoms with E-state index in [4.69, 9.17) is 0 Å². The Morgan fingerprint density at radius 1 is 0.862 bits per heavy atom. The number of benzene rings is 2. The molecule has 0 bridgehead atoms. The summed E-state index contributed by atoms with van der Waals surface area (Å²) in [5.74, 6) is -0.470. The number of nitrogens with zero attached hydrogens (tertiary/aromatic N) is 3. The fraction of sp³-hybridized carbons (Fsp3) is 0.273. The smallest absolute Gasteiger partial charge is 0.229 e. The fourth-order valence-electron chi connectivity index (χ4n) is 3.45. The molecule has 0 atom stereocenters. The van der Waals surface area contributed by atoms with Crippen LogP contribution in [0.3, 0.4) is 0 Å². The normalized spacial score (nSPS) is 14.0. The minimum absolute atomic E-state index is 0.154. The van der Waals surface area contributed by atoms with E-state index in [-0.39, 0.29) is 5.69 Å². The Balaban J connectivity index is 1.48. The van der Waals surface area contributed by atoms with Gasteiger partial charge in [0.05, 0.1) is 5.69 Å². The van der Waals surface area contributed by atoms with Crippen LogP contribution in [0, 0.1) is 18.6 Å². The summed E-state index contributed by atoms with van der Waals surface area (Å²) in [6, 6.07) is 13.3. The Labute approximate surface area is 168 Å². The average molecular weight is 395 g/mol. The van der Waals surface area contributed by atoms with E-state index in [2.05, 4.69) is 37.6 Å². The van der Waals surface area contributed by atoms with Gasteiger partial charge in [-0.15, -0.1) is 0 Å². The third-order valence-corrected chi connectivity index (χ3v) is 4.89. The third-order valence-electron chi connectivity index (χ3n) is 4.89. The number of nitrogens with one attached hydrogen (secondary N) is 2. The maximum Gasteiger partial charge on any atom is 0.229 e. The molecule has 150 valence electrons. The molecule has 1 saturated heterocycles. The van der Waals surface area contributed by atoms with Crippen molar-refractivity contribution >= 4 is 28.8 Å². The van der Waals surface area contributed by atoms with Gasteiger partial charge in [0.1, 0.15) is 17.5 Å². The van der Waals surface area contributed by atoms with Crippen LogP contribution >= 0.6 is 0 Å². The second-order valence-corrected chi connectivity index (χ2v) is 7.19. The summed E-state index contributed by atoms with van der Waals surface area (Å²) in [7, 11) is 0. The highest BCUT2D eigenvalue weighted by Gasteiger charge is 2.11. The summed E-state index contributed by atoms with van der Waals surface area (Å²) in [4.78, 5) is 11.2. The van der Waals surface area contributed by atoms with Gasteiger partial charge >= 0.3 is 0 Å². The van der Waals surface area contributed by atoms with Crippen molar-refractivity contribution in [3.63, 3.8) is 0 Å². The summed E-state index contributed by atoms with van der Waals surface area (Å²) in [5.41, 5.74) is 2.96. The van der Waals surface area contributed by atoms with Crippen LogP contribution in [-0.2, 0) is 0 Å². The average Bonchev–Trinajstić information content (AvgIpc) is 2.71. The molecule has 0 radical (unpaired) electrons. The molecule has 2 aromatic carbocycles. The summed E-state index contributed by atoms with van der Waals surface area (Å²) in [6.07, 6.45) is 3.78. The van der Waals surface area contributed by atoms with E-state index in [1.165, 1.54) is 37.1 Å². The molecule has 0 unspecified atom stereocenters. The molecule has 0 amide bonds. The van der Waals surface area contributed by atoms with Gasteiger partial charge in [0.2, 0.25) is 5.95 Å². The molecule has 1 aliphatic rings. The molecule has 0 spiro atoms. The van der Waals surface area contributed by atoms with Crippen molar-refractivity contribution < 1.29 is 8.78 Å². The Morgan fingerprint density at radius 2 is 1.62 bits per heavy atom. The van der Waals surface area contributed by atoms with Crippen molar-refractivity contribution in [2.45, 2.75) is 26.2 Å². The van der Waals surface area contributed by atoms with Gasteiger partial charge in [0.15, 0.2) is 0 Å². The van der Waals surface area contributed by atoms with Crippen LogP contribution in [0.4, 0.5) is 37.6 Å². The summed E-state index contributed by atoms with van der Waals surface area (Å²) < 4.78 is 27.0. The Bertz CT molecular complexity index is 985.